The highest BCUT2D eigenvalue weighted by molar-refractivity contribution is 5.79. The largest absolute Gasteiger partial charge is 0.459 e. The minimum absolute atomic E-state index is 0.000885. The van der Waals surface area contributed by atoms with Gasteiger partial charge in [-0.15, -0.1) is 0 Å². The van der Waals surface area contributed by atoms with Gasteiger partial charge in [-0.2, -0.15) is 10.2 Å². The van der Waals surface area contributed by atoms with Crippen molar-refractivity contribution in [2.75, 3.05) is 37.6 Å². The van der Waals surface area contributed by atoms with Gasteiger partial charge in [-0.3, -0.25) is 4.79 Å². The van der Waals surface area contributed by atoms with Gasteiger partial charge in [-0.1, -0.05) is 0 Å². The third-order valence-electron chi connectivity index (χ3n) is 6.45. The summed E-state index contributed by atoms with van der Waals surface area (Å²) in [7, 11) is 0. The molecule has 4 rings (SSSR count). The van der Waals surface area contributed by atoms with Gasteiger partial charge in [0, 0.05) is 38.1 Å². The maximum atomic E-state index is 12.7. The van der Waals surface area contributed by atoms with Crippen molar-refractivity contribution in [1.82, 2.24) is 15.2 Å². The molecule has 2 aliphatic rings. The molecule has 0 radical (unpaired) electrons. The Labute approximate surface area is 183 Å². The molecule has 4 heterocycles. The molecule has 0 aromatic carbocycles. The Kier molecular flexibility index (Phi) is 6.62. The van der Waals surface area contributed by atoms with E-state index < -0.39 is 0 Å². The zero-order valence-electron chi connectivity index (χ0n) is 18.3. The number of nitrogens with one attached hydrogen (secondary N) is 1. The third kappa shape index (κ3) is 4.93. The lowest BCUT2D eigenvalue weighted by atomic mass is 9.94. The Morgan fingerprint density at radius 2 is 2.13 bits per heavy atom. The van der Waals surface area contributed by atoms with Crippen LogP contribution < -0.4 is 10.2 Å². The number of carbonyl (C=O) groups excluding carboxylic acids is 1. The number of nitriles is 1. The number of anilines is 1. The molecular weight excluding hydrogens is 394 g/mol. The predicted octanol–water partition coefficient (Wildman–Crippen LogP) is 3.26. The van der Waals surface area contributed by atoms with E-state index in [1.165, 1.54) is 12.8 Å². The van der Waals surface area contributed by atoms with Crippen LogP contribution in [0.5, 0.6) is 0 Å². The summed E-state index contributed by atoms with van der Waals surface area (Å²) in [6.07, 6.45) is 5.40. The van der Waals surface area contributed by atoms with E-state index in [2.05, 4.69) is 35.1 Å². The van der Waals surface area contributed by atoms with Crippen molar-refractivity contribution in [1.29, 1.82) is 5.26 Å². The van der Waals surface area contributed by atoms with Gasteiger partial charge in [0.15, 0.2) is 5.76 Å². The molecule has 1 N–H and O–H groups in total. The molecule has 0 spiro atoms. The fourth-order valence-electron chi connectivity index (χ4n) is 4.57. The standard InChI is InChI=1S/C23H31N5O3/c1-16(2)28-9-3-5-17(15-28)14-25-21(29)18-7-10-27(11-8-18)23-19(13-24)26-22(31-23)20-6-4-12-30-20/h4,6,12,16-18H,3,5,7-11,14-15H2,1-2H3,(H,25,29). The normalized spacial score (nSPS) is 20.7. The van der Waals surface area contributed by atoms with Gasteiger partial charge in [0.05, 0.1) is 6.26 Å². The van der Waals surface area contributed by atoms with E-state index in [1.54, 1.807) is 18.4 Å². The molecular formula is C23H31N5O3. The Morgan fingerprint density at radius 3 is 2.81 bits per heavy atom. The first-order chi connectivity index (χ1) is 15.0. The smallest absolute Gasteiger partial charge is 0.266 e. The quantitative estimate of drug-likeness (QED) is 0.758. The van der Waals surface area contributed by atoms with Crippen LogP contribution in [0, 0.1) is 23.2 Å². The molecule has 0 saturated carbocycles. The van der Waals surface area contributed by atoms with Crippen molar-refractivity contribution in [3.05, 3.63) is 24.1 Å². The SMILES string of the molecule is CC(C)N1CCCC(CNC(=O)C2CCN(c3oc(-c4ccco4)nc3C#N)CC2)C1. The van der Waals surface area contributed by atoms with Gasteiger partial charge in [0.2, 0.25) is 17.5 Å². The van der Waals surface area contributed by atoms with Gasteiger partial charge < -0.3 is 24.0 Å². The lowest BCUT2D eigenvalue weighted by molar-refractivity contribution is -0.125. The summed E-state index contributed by atoms with van der Waals surface area (Å²) in [5.74, 6) is 1.95. The fraction of sp³-hybridized carbons (Fsp3) is 0.609. The Bertz CT molecular complexity index is 906. The number of hydrogen-bond donors (Lipinski definition) is 1. The number of rotatable bonds is 6. The van der Waals surface area contributed by atoms with Gasteiger partial charge in [-0.25, -0.2) is 0 Å². The Morgan fingerprint density at radius 1 is 1.32 bits per heavy atom. The number of carbonyl (C=O) groups is 1. The maximum absolute atomic E-state index is 12.7. The highest BCUT2D eigenvalue weighted by Gasteiger charge is 2.30. The van der Waals surface area contributed by atoms with Crippen molar-refractivity contribution in [2.45, 2.75) is 45.6 Å². The van der Waals surface area contributed by atoms with Crippen LogP contribution in [0.4, 0.5) is 5.88 Å². The van der Waals surface area contributed by atoms with Crippen molar-refractivity contribution in [2.24, 2.45) is 11.8 Å². The van der Waals surface area contributed by atoms with Crippen LogP contribution in [0.2, 0.25) is 0 Å². The molecule has 0 bridgehead atoms. The van der Waals surface area contributed by atoms with Gasteiger partial charge >= 0.3 is 0 Å². The van der Waals surface area contributed by atoms with Crippen molar-refractivity contribution < 1.29 is 13.6 Å². The molecule has 2 aromatic heterocycles. The second-order valence-corrected chi connectivity index (χ2v) is 8.87. The van der Waals surface area contributed by atoms with Crippen LogP contribution in [-0.2, 0) is 4.79 Å². The summed E-state index contributed by atoms with van der Waals surface area (Å²) in [5.41, 5.74) is 0.251. The Balaban J connectivity index is 1.29. The van der Waals surface area contributed by atoms with Crippen molar-refractivity contribution in [3.8, 4) is 17.7 Å². The van der Waals surface area contributed by atoms with E-state index in [-0.39, 0.29) is 17.5 Å². The van der Waals surface area contributed by atoms with Crippen LogP contribution in [0.15, 0.2) is 27.2 Å². The molecule has 0 aliphatic carbocycles. The number of nitrogens with zero attached hydrogens (tertiary/aromatic N) is 4. The van der Waals surface area contributed by atoms with Crippen LogP contribution in [0.1, 0.15) is 45.2 Å². The number of amides is 1. The molecule has 31 heavy (non-hydrogen) atoms. The fourth-order valence-corrected chi connectivity index (χ4v) is 4.57. The van der Waals surface area contributed by atoms with Gasteiger partial charge in [-0.05, 0) is 64.1 Å². The topological polar surface area (TPSA) is 98.5 Å². The third-order valence-corrected chi connectivity index (χ3v) is 6.45. The van der Waals surface area contributed by atoms with E-state index in [9.17, 15) is 10.1 Å². The molecule has 1 unspecified atom stereocenters. The second-order valence-electron chi connectivity index (χ2n) is 8.87. The molecule has 1 atom stereocenters. The van der Waals surface area contributed by atoms with E-state index in [4.69, 9.17) is 8.83 Å². The highest BCUT2D eigenvalue weighted by atomic mass is 16.4. The first kappa shape index (κ1) is 21.4. The molecule has 2 saturated heterocycles. The zero-order chi connectivity index (χ0) is 21.8. The van der Waals surface area contributed by atoms with E-state index in [1.807, 2.05) is 4.90 Å². The number of piperidine rings is 2. The molecule has 1 amide bonds. The number of likely N-dealkylation sites (tertiary alicyclic amines) is 1. The van der Waals surface area contributed by atoms with Crippen LogP contribution in [0.3, 0.4) is 0 Å². The average molecular weight is 426 g/mol. The Hall–Kier alpha value is -2.79. The molecule has 2 aromatic rings. The number of furan rings is 1. The highest BCUT2D eigenvalue weighted by Crippen LogP contribution is 2.31. The summed E-state index contributed by atoms with van der Waals surface area (Å²) in [6.45, 7) is 8.77. The van der Waals surface area contributed by atoms with Crippen molar-refractivity contribution in [3.63, 3.8) is 0 Å². The minimum Gasteiger partial charge on any atom is -0.459 e. The number of aromatic nitrogens is 1. The minimum atomic E-state index is -0.000885. The molecule has 2 fully saturated rings. The molecule has 166 valence electrons. The second kappa shape index (κ2) is 9.56. The van der Waals surface area contributed by atoms with E-state index in [0.29, 0.717) is 42.6 Å². The molecule has 8 nitrogen and oxygen atoms in total. The van der Waals surface area contributed by atoms with Gasteiger partial charge in [0.25, 0.3) is 5.89 Å². The zero-order valence-corrected chi connectivity index (χ0v) is 18.3. The first-order valence-corrected chi connectivity index (χ1v) is 11.3. The number of oxazole rings is 1. The lowest BCUT2D eigenvalue weighted by Gasteiger charge is -2.36. The summed E-state index contributed by atoms with van der Waals surface area (Å²) >= 11 is 0. The lowest BCUT2D eigenvalue weighted by Crippen LogP contribution is -2.46. The predicted molar refractivity (Wildman–Crippen MR) is 116 cm³/mol. The summed E-state index contributed by atoms with van der Waals surface area (Å²) in [4.78, 5) is 21.5. The van der Waals surface area contributed by atoms with Crippen molar-refractivity contribution >= 4 is 11.8 Å². The van der Waals surface area contributed by atoms with Crippen LogP contribution in [-0.4, -0.2) is 54.6 Å². The first-order valence-electron chi connectivity index (χ1n) is 11.3. The molecule has 2 aliphatic heterocycles. The average Bonchev–Trinajstić information content (AvgIpc) is 3.47. The monoisotopic (exact) mass is 425 g/mol. The molecule has 8 heteroatoms. The van der Waals surface area contributed by atoms with Crippen LogP contribution >= 0.6 is 0 Å². The van der Waals surface area contributed by atoms with E-state index in [0.717, 1.165) is 32.5 Å². The van der Waals surface area contributed by atoms with Crippen LogP contribution in [0.25, 0.3) is 11.7 Å². The van der Waals surface area contributed by atoms with Gasteiger partial charge in [0.1, 0.15) is 6.07 Å². The van der Waals surface area contributed by atoms with E-state index >= 15 is 0 Å². The summed E-state index contributed by atoms with van der Waals surface area (Å²) < 4.78 is 11.2. The summed E-state index contributed by atoms with van der Waals surface area (Å²) in [6, 6.07) is 6.17. The maximum Gasteiger partial charge on any atom is 0.266 e. The summed E-state index contributed by atoms with van der Waals surface area (Å²) in [5, 5.41) is 12.6. The number of hydrogen-bond acceptors (Lipinski definition) is 7.